The number of benzene rings is 3. The molecule has 3 aliphatic heterocycles. The van der Waals surface area contributed by atoms with Crippen LogP contribution in [0, 0.1) is 13.8 Å². The smallest absolute Gasteiger partial charge is 0.386 e. The first kappa shape index (κ1) is 29.1. The molecule has 226 valence electrons. The predicted molar refractivity (Wildman–Crippen MR) is 161 cm³/mol. The number of carbonyl (C=O) groups is 1. The largest absolute Gasteiger partial charge is 0.494 e. The first-order valence-electron chi connectivity index (χ1n) is 14.7. The molecule has 0 amide bonds. The molecular weight excluding hydrogens is 568 g/mol. The first-order chi connectivity index (χ1) is 20.7. The van der Waals surface area contributed by atoms with E-state index < -0.39 is 16.3 Å². The number of esters is 1. The predicted octanol–water partition coefficient (Wildman–Crippen LogP) is 5.51. The van der Waals surface area contributed by atoms with Crippen molar-refractivity contribution in [2.24, 2.45) is 0 Å². The van der Waals surface area contributed by atoms with Gasteiger partial charge in [-0.15, -0.1) is 5.10 Å². The lowest BCUT2D eigenvalue weighted by Crippen LogP contribution is -2.39. The fourth-order valence-corrected chi connectivity index (χ4v) is 7.43. The van der Waals surface area contributed by atoms with E-state index in [1.165, 1.54) is 4.31 Å². The van der Waals surface area contributed by atoms with Gasteiger partial charge < -0.3 is 13.7 Å². The van der Waals surface area contributed by atoms with E-state index in [1.807, 2.05) is 61.9 Å². The number of ether oxygens (including phenoxy) is 2. The number of aromatic nitrogens is 3. The Balaban J connectivity index is 1.50. The molecule has 0 N–H and O–H groups in total. The summed E-state index contributed by atoms with van der Waals surface area (Å²) in [7, 11) is -4.06. The topological polar surface area (TPSA) is 113 Å². The van der Waals surface area contributed by atoms with Crippen LogP contribution in [0.15, 0.2) is 48.5 Å². The third kappa shape index (κ3) is 5.59. The molecule has 0 radical (unpaired) electrons. The summed E-state index contributed by atoms with van der Waals surface area (Å²) in [5.74, 6) is 0.340. The molecule has 43 heavy (non-hydrogen) atoms. The van der Waals surface area contributed by atoms with Gasteiger partial charge in [0.25, 0.3) is 0 Å². The Morgan fingerprint density at radius 1 is 1.07 bits per heavy atom. The van der Waals surface area contributed by atoms with Gasteiger partial charge >= 0.3 is 16.3 Å². The van der Waals surface area contributed by atoms with Gasteiger partial charge in [0.05, 0.1) is 31.2 Å². The van der Waals surface area contributed by atoms with Gasteiger partial charge in [0.2, 0.25) is 0 Å². The highest BCUT2D eigenvalue weighted by atomic mass is 32.2. The van der Waals surface area contributed by atoms with E-state index in [2.05, 4.69) is 10.3 Å². The summed E-state index contributed by atoms with van der Waals surface area (Å²) >= 11 is 0. The second kappa shape index (κ2) is 11.6. The van der Waals surface area contributed by atoms with Crippen LogP contribution in [0.3, 0.4) is 0 Å². The molecule has 0 aliphatic carbocycles. The summed E-state index contributed by atoms with van der Waals surface area (Å²) in [5, 5.41) is 8.96. The van der Waals surface area contributed by atoms with Crippen LogP contribution in [0.5, 0.6) is 11.5 Å². The summed E-state index contributed by atoms with van der Waals surface area (Å²) in [6.45, 7) is 9.26. The Bertz CT molecular complexity index is 1800. The standard InChI is InChI=1S/C32H36N4O6S/c1-5-40-31(37)18-28-23-9-8-20(2)27(17-23)22(4)36-19-24-16-25(10-13-30(24)42-43(36,38)39)41-15-7-6-14-35-29-12-11-26(28)21(3)32(29)33-34-35/h8-13,16-17,22,28H,5-7,14-15,18-19H2,1-4H3/t22-,28-/m1/s1. The van der Waals surface area contributed by atoms with Gasteiger partial charge in [0.15, 0.2) is 0 Å². The second-order valence-corrected chi connectivity index (χ2v) is 12.7. The molecule has 10 nitrogen and oxygen atoms in total. The molecular formula is C32H36N4O6S. The van der Waals surface area contributed by atoms with Gasteiger partial charge in [-0.05, 0) is 92.6 Å². The average molecular weight is 605 g/mol. The molecule has 0 spiro atoms. The normalized spacial score (nSPS) is 21.3. The van der Waals surface area contributed by atoms with Crippen molar-refractivity contribution in [1.29, 1.82) is 0 Å². The van der Waals surface area contributed by atoms with Crippen LogP contribution in [0.25, 0.3) is 11.0 Å². The van der Waals surface area contributed by atoms with Crippen molar-refractivity contribution < 1.29 is 26.9 Å². The van der Waals surface area contributed by atoms with E-state index in [0.29, 0.717) is 24.7 Å². The van der Waals surface area contributed by atoms with Gasteiger partial charge in [-0.1, -0.05) is 29.5 Å². The Morgan fingerprint density at radius 2 is 1.91 bits per heavy atom. The van der Waals surface area contributed by atoms with Gasteiger partial charge in [-0.3, -0.25) is 4.79 Å². The average Bonchev–Trinajstić information content (AvgIpc) is 3.39. The van der Waals surface area contributed by atoms with Crippen LogP contribution >= 0.6 is 0 Å². The van der Waals surface area contributed by atoms with Crippen molar-refractivity contribution in [1.82, 2.24) is 19.3 Å². The third-order valence-corrected chi connectivity index (χ3v) is 9.90. The fourth-order valence-electron chi connectivity index (χ4n) is 6.14. The lowest BCUT2D eigenvalue weighted by molar-refractivity contribution is -0.143. The Kier molecular flexibility index (Phi) is 7.87. The molecule has 0 fully saturated rings. The Labute approximate surface area is 251 Å². The van der Waals surface area contributed by atoms with Crippen molar-refractivity contribution in [3.05, 3.63) is 81.9 Å². The lowest BCUT2D eigenvalue weighted by atomic mass is 9.83. The summed E-state index contributed by atoms with van der Waals surface area (Å²) in [6, 6.07) is 14.8. The van der Waals surface area contributed by atoms with Crippen LogP contribution in [0.2, 0.25) is 0 Å². The van der Waals surface area contributed by atoms with Gasteiger partial charge in [0, 0.05) is 24.6 Å². The number of fused-ring (bicyclic) bond motifs is 5. The molecule has 0 saturated carbocycles. The third-order valence-electron chi connectivity index (χ3n) is 8.50. The molecule has 1 aromatic heterocycles. The Morgan fingerprint density at radius 3 is 2.72 bits per heavy atom. The van der Waals surface area contributed by atoms with Crippen molar-refractivity contribution in [2.45, 2.75) is 72.0 Å². The van der Waals surface area contributed by atoms with Gasteiger partial charge in [-0.25, -0.2) is 4.68 Å². The van der Waals surface area contributed by atoms with Gasteiger partial charge in [0.1, 0.15) is 17.0 Å². The number of rotatable bonds is 3. The van der Waals surface area contributed by atoms with Crippen LogP contribution in [-0.2, 0) is 32.9 Å². The van der Waals surface area contributed by atoms with Crippen molar-refractivity contribution in [3.63, 3.8) is 0 Å². The zero-order chi connectivity index (χ0) is 30.3. The van der Waals surface area contributed by atoms with Crippen LogP contribution < -0.4 is 8.92 Å². The molecule has 7 rings (SSSR count). The number of hydrogen-bond acceptors (Lipinski definition) is 8. The van der Waals surface area contributed by atoms with Crippen molar-refractivity contribution >= 4 is 27.3 Å². The zero-order valence-electron chi connectivity index (χ0n) is 24.9. The van der Waals surface area contributed by atoms with Crippen molar-refractivity contribution in [3.8, 4) is 11.5 Å². The lowest BCUT2D eigenvalue weighted by Gasteiger charge is -2.33. The van der Waals surface area contributed by atoms with E-state index in [1.54, 1.807) is 19.1 Å². The minimum absolute atomic E-state index is 0.131. The molecule has 4 aromatic rings. The van der Waals surface area contributed by atoms with Crippen LogP contribution in [0.1, 0.15) is 78.5 Å². The molecule has 1 unspecified atom stereocenters. The molecule has 4 heterocycles. The molecule has 0 saturated heterocycles. The minimum atomic E-state index is -4.06. The number of aryl methyl sites for hydroxylation is 3. The number of carbonyl (C=O) groups excluding carboxylic acids is 1. The highest BCUT2D eigenvalue weighted by molar-refractivity contribution is 7.84. The fraction of sp³-hybridized carbons (Fsp3) is 0.406. The maximum Gasteiger partial charge on any atom is 0.386 e. The zero-order valence-corrected chi connectivity index (χ0v) is 25.7. The highest BCUT2D eigenvalue weighted by Gasteiger charge is 2.37. The summed E-state index contributed by atoms with van der Waals surface area (Å²) in [5.41, 5.74) is 7.01. The van der Waals surface area contributed by atoms with Crippen LogP contribution in [0.4, 0.5) is 0 Å². The maximum atomic E-state index is 13.4. The van der Waals surface area contributed by atoms with E-state index in [4.69, 9.17) is 13.7 Å². The number of hydrogen-bond donors (Lipinski definition) is 0. The molecule has 9 bridgehead atoms. The van der Waals surface area contributed by atoms with E-state index in [9.17, 15) is 13.2 Å². The van der Waals surface area contributed by atoms with E-state index in [-0.39, 0.29) is 31.5 Å². The minimum Gasteiger partial charge on any atom is -0.494 e. The second-order valence-electron chi connectivity index (χ2n) is 11.2. The maximum absolute atomic E-state index is 13.4. The monoisotopic (exact) mass is 604 g/mol. The summed E-state index contributed by atoms with van der Waals surface area (Å²) < 4.78 is 47.0. The summed E-state index contributed by atoms with van der Waals surface area (Å²) in [6.07, 6.45) is 1.78. The van der Waals surface area contributed by atoms with Crippen LogP contribution in [-0.4, -0.2) is 46.9 Å². The first-order valence-corrected chi connectivity index (χ1v) is 16.1. The molecule has 3 aliphatic rings. The molecule has 3 atom stereocenters. The summed E-state index contributed by atoms with van der Waals surface area (Å²) in [4.78, 5) is 12.9. The van der Waals surface area contributed by atoms with Crippen molar-refractivity contribution in [2.75, 3.05) is 13.2 Å². The quantitative estimate of drug-likeness (QED) is 0.282. The molecule has 11 heteroatoms. The highest BCUT2D eigenvalue weighted by Crippen LogP contribution is 2.40. The molecule has 3 aromatic carbocycles. The van der Waals surface area contributed by atoms with E-state index in [0.717, 1.165) is 57.3 Å². The SMILES string of the molecule is CCOC(=O)C[C@@H]1c2ccc(C)c(c2)[C@@H](C)N2Cc3cc(ccc3OS2(=O)=O)OCCCCn2nnc3c(C)c1ccc32. The van der Waals surface area contributed by atoms with Gasteiger partial charge in [-0.2, -0.15) is 12.7 Å². The number of nitrogens with zero attached hydrogens (tertiary/aromatic N) is 4. The Hall–Kier alpha value is -3.96. The van der Waals surface area contributed by atoms with E-state index >= 15 is 0 Å².